The Morgan fingerprint density at radius 2 is 1.91 bits per heavy atom. The van der Waals surface area contributed by atoms with Gasteiger partial charge in [0.15, 0.2) is 0 Å². The van der Waals surface area contributed by atoms with Gasteiger partial charge in [-0.3, -0.25) is 4.79 Å². The fraction of sp³-hybridized carbons (Fsp3) is 0.588. The molecule has 3 unspecified atom stereocenters. The summed E-state index contributed by atoms with van der Waals surface area (Å²) in [5.74, 6) is 0.761. The lowest BCUT2D eigenvalue weighted by Crippen LogP contribution is -2.35. The van der Waals surface area contributed by atoms with Crippen LogP contribution >= 0.6 is 0 Å². The van der Waals surface area contributed by atoms with Crippen LogP contribution in [0, 0.1) is 0 Å². The van der Waals surface area contributed by atoms with Crippen molar-refractivity contribution in [3.63, 3.8) is 0 Å². The van der Waals surface area contributed by atoms with Gasteiger partial charge in [0.2, 0.25) is 5.91 Å². The maximum absolute atomic E-state index is 12.0. The standard InChI is InChI=1S/C17H24N2O3/c20-15-5-1-2-6-16(15)22-13-9-7-12(8-10-13)19-17(21)14-4-3-11-18-14/h7-10,14-16,18,20H,1-6,11H2,(H,19,21). The molecule has 2 fully saturated rings. The summed E-state index contributed by atoms with van der Waals surface area (Å²) in [6, 6.07) is 7.31. The molecule has 5 heteroatoms. The summed E-state index contributed by atoms with van der Waals surface area (Å²) in [6.45, 7) is 0.911. The van der Waals surface area contributed by atoms with Gasteiger partial charge in [-0.25, -0.2) is 0 Å². The van der Waals surface area contributed by atoms with Crippen LogP contribution in [-0.2, 0) is 4.79 Å². The lowest BCUT2D eigenvalue weighted by Gasteiger charge is -2.28. The predicted molar refractivity (Wildman–Crippen MR) is 85.0 cm³/mol. The van der Waals surface area contributed by atoms with Gasteiger partial charge in [-0.05, 0) is 62.9 Å². The highest BCUT2D eigenvalue weighted by Gasteiger charge is 2.25. The molecule has 0 radical (unpaired) electrons. The Balaban J connectivity index is 1.54. The van der Waals surface area contributed by atoms with Gasteiger partial charge < -0.3 is 20.5 Å². The fourth-order valence-corrected chi connectivity index (χ4v) is 3.14. The van der Waals surface area contributed by atoms with Gasteiger partial charge >= 0.3 is 0 Å². The zero-order chi connectivity index (χ0) is 15.4. The van der Waals surface area contributed by atoms with Crippen molar-refractivity contribution >= 4 is 11.6 Å². The normalized spacial score (nSPS) is 28.3. The summed E-state index contributed by atoms with van der Waals surface area (Å²) in [6.07, 6.45) is 5.34. The highest BCUT2D eigenvalue weighted by atomic mass is 16.5. The summed E-state index contributed by atoms with van der Waals surface area (Å²) in [7, 11) is 0. The zero-order valence-corrected chi connectivity index (χ0v) is 12.8. The largest absolute Gasteiger partial charge is 0.488 e. The number of nitrogens with one attached hydrogen (secondary N) is 2. The molecule has 120 valence electrons. The molecule has 0 aromatic heterocycles. The van der Waals surface area contributed by atoms with Crippen molar-refractivity contribution in [1.82, 2.24) is 5.32 Å². The van der Waals surface area contributed by atoms with Gasteiger partial charge in [-0.1, -0.05) is 6.42 Å². The van der Waals surface area contributed by atoms with E-state index in [1.54, 1.807) is 0 Å². The maximum Gasteiger partial charge on any atom is 0.241 e. The van der Waals surface area contributed by atoms with Crippen LogP contribution in [0.2, 0.25) is 0 Å². The monoisotopic (exact) mass is 304 g/mol. The number of aliphatic hydroxyl groups is 1. The quantitative estimate of drug-likeness (QED) is 0.796. The summed E-state index contributed by atoms with van der Waals surface area (Å²) in [5, 5.41) is 16.0. The van der Waals surface area contributed by atoms with Gasteiger partial charge in [0.1, 0.15) is 11.9 Å². The first-order valence-electron chi connectivity index (χ1n) is 8.21. The molecule has 2 aliphatic rings. The number of rotatable bonds is 4. The number of amides is 1. The number of carbonyl (C=O) groups excluding carboxylic acids is 1. The van der Waals surface area contributed by atoms with Crippen LogP contribution in [-0.4, -0.2) is 35.8 Å². The molecule has 0 spiro atoms. The number of carbonyl (C=O) groups is 1. The van der Waals surface area contributed by atoms with Crippen molar-refractivity contribution in [2.75, 3.05) is 11.9 Å². The van der Waals surface area contributed by atoms with Gasteiger partial charge in [0.05, 0.1) is 12.1 Å². The van der Waals surface area contributed by atoms with Crippen LogP contribution in [0.1, 0.15) is 38.5 Å². The minimum atomic E-state index is -0.374. The van der Waals surface area contributed by atoms with Crippen molar-refractivity contribution < 1.29 is 14.6 Å². The highest BCUT2D eigenvalue weighted by Crippen LogP contribution is 2.25. The van der Waals surface area contributed by atoms with Crippen molar-refractivity contribution in [2.24, 2.45) is 0 Å². The number of hydrogen-bond donors (Lipinski definition) is 3. The molecule has 5 nitrogen and oxygen atoms in total. The Morgan fingerprint density at radius 1 is 1.14 bits per heavy atom. The SMILES string of the molecule is O=C(Nc1ccc(OC2CCCCC2O)cc1)C1CCCN1. The van der Waals surface area contributed by atoms with Crippen molar-refractivity contribution in [3.8, 4) is 5.75 Å². The average Bonchev–Trinajstić information content (AvgIpc) is 3.06. The second kappa shape index (κ2) is 7.11. The molecule has 22 heavy (non-hydrogen) atoms. The third kappa shape index (κ3) is 3.78. The second-order valence-corrected chi connectivity index (χ2v) is 6.17. The molecular formula is C17H24N2O3. The lowest BCUT2D eigenvalue weighted by molar-refractivity contribution is -0.117. The minimum absolute atomic E-state index is 0.0221. The maximum atomic E-state index is 12.0. The second-order valence-electron chi connectivity index (χ2n) is 6.17. The number of aliphatic hydroxyl groups excluding tert-OH is 1. The van der Waals surface area contributed by atoms with E-state index in [-0.39, 0.29) is 24.2 Å². The zero-order valence-electron chi connectivity index (χ0n) is 12.8. The molecule has 1 saturated heterocycles. The van der Waals surface area contributed by atoms with E-state index in [4.69, 9.17) is 4.74 Å². The third-order valence-electron chi connectivity index (χ3n) is 4.45. The molecule has 3 rings (SSSR count). The Bertz CT molecular complexity index is 497. The first-order valence-corrected chi connectivity index (χ1v) is 8.21. The Morgan fingerprint density at radius 3 is 2.59 bits per heavy atom. The molecular weight excluding hydrogens is 280 g/mol. The first kappa shape index (κ1) is 15.3. The number of anilines is 1. The van der Waals surface area contributed by atoms with Crippen LogP contribution in [0.15, 0.2) is 24.3 Å². The van der Waals surface area contributed by atoms with Crippen molar-refractivity contribution in [2.45, 2.75) is 56.8 Å². The van der Waals surface area contributed by atoms with Crippen LogP contribution in [0.3, 0.4) is 0 Å². The van der Waals surface area contributed by atoms with E-state index in [1.807, 2.05) is 24.3 Å². The molecule has 1 aliphatic carbocycles. The summed E-state index contributed by atoms with van der Waals surface area (Å²) in [4.78, 5) is 12.0. The van der Waals surface area contributed by atoms with E-state index in [0.29, 0.717) is 0 Å². The summed E-state index contributed by atoms with van der Waals surface area (Å²) in [5.41, 5.74) is 0.773. The molecule has 1 heterocycles. The number of hydrogen-bond acceptors (Lipinski definition) is 4. The minimum Gasteiger partial charge on any atom is -0.488 e. The molecule has 3 atom stereocenters. The van der Waals surface area contributed by atoms with Gasteiger partial charge in [0.25, 0.3) is 0 Å². The number of ether oxygens (including phenoxy) is 1. The fourth-order valence-electron chi connectivity index (χ4n) is 3.14. The van der Waals surface area contributed by atoms with E-state index >= 15 is 0 Å². The van der Waals surface area contributed by atoms with Crippen LogP contribution in [0.5, 0.6) is 5.75 Å². The van der Waals surface area contributed by atoms with Crippen LogP contribution in [0.4, 0.5) is 5.69 Å². The summed E-state index contributed by atoms with van der Waals surface area (Å²) >= 11 is 0. The predicted octanol–water partition coefficient (Wildman–Crippen LogP) is 2.06. The smallest absolute Gasteiger partial charge is 0.241 e. The van der Waals surface area contributed by atoms with Crippen LogP contribution < -0.4 is 15.4 Å². The lowest BCUT2D eigenvalue weighted by atomic mass is 9.95. The Labute approximate surface area is 131 Å². The van der Waals surface area contributed by atoms with E-state index in [9.17, 15) is 9.90 Å². The van der Waals surface area contributed by atoms with Gasteiger partial charge in [0, 0.05) is 5.69 Å². The first-order chi connectivity index (χ1) is 10.7. The van der Waals surface area contributed by atoms with Gasteiger partial charge in [-0.2, -0.15) is 0 Å². The Hall–Kier alpha value is -1.59. The highest BCUT2D eigenvalue weighted by molar-refractivity contribution is 5.95. The molecule has 1 aliphatic heterocycles. The number of benzene rings is 1. The topological polar surface area (TPSA) is 70.6 Å². The van der Waals surface area contributed by atoms with Gasteiger partial charge in [-0.15, -0.1) is 0 Å². The molecule has 1 saturated carbocycles. The van der Waals surface area contributed by atoms with Crippen LogP contribution in [0.25, 0.3) is 0 Å². The molecule has 1 amide bonds. The molecule has 1 aromatic carbocycles. The van der Waals surface area contributed by atoms with Crippen molar-refractivity contribution in [3.05, 3.63) is 24.3 Å². The van der Waals surface area contributed by atoms with E-state index in [1.165, 1.54) is 0 Å². The van der Waals surface area contributed by atoms with E-state index in [0.717, 1.165) is 56.5 Å². The average molecular weight is 304 g/mol. The van der Waals surface area contributed by atoms with E-state index in [2.05, 4.69) is 10.6 Å². The Kier molecular flexibility index (Phi) is 4.95. The third-order valence-corrected chi connectivity index (χ3v) is 4.45. The molecule has 1 aromatic rings. The van der Waals surface area contributed by atoms with E-state index < -0.39 is 0 Å². The summed E-state index contributed by atoms with van der Waals surface area (Å²) < 4.78 is 5.85. The van der Waals surface area contributed by atoms with Crippen molar-refractivity contribution in [1.29, 1.82) is 0 Å². The molecule has 0 bridgehead atoms. The molecule has 3 N–H and O–H groups in total.